The number of ether oxygens (including phenoxy) is 6. The van der Waals surface area contributed by atoms with Crippen LogP contribution in [0.15, 0.2) is 62.7 Å². The Morgan fingerprint density at radius 1 is 0.986 bits per heavy atom. The molecule has 0 aromatic carbocycles. The van der Waals surface area contributed by atoms with Crippen molar-refractivity contribution in [2.24, 2.45) is 47.0 Å². The Kier molecular flexibility index (Phi) is 22.1. The number of amides is 2. The molecule has 21 heteroatoms. The Morgan fingerprint density at radius 2 is 1.75 bits per heavy atom. The fourth-order valence-electron chi connectivity index (χ4n) is 9.73. The zero-order valence-electron chi connectivity index (χ0n) is 44.1. The van der Waals surface area contributed by atoms with E-state index in [1.54, 1.807) is 71.0 Å². The highest BCUT2D eigenvalue weighted by Gasteiger charge is 2.37. The number of nitrogens with zero attached hydrogens (tertiary/aromatic N) is 6. The third kappa shape index (κ3) is 16.0. The summed E-state index contributed by atoms with van der Waals surface area (Å²) in [5.74, 6) is -1.15. The summed E-state index contributed by atoms with van der Waals surface area (Å²) in [6.45, 7) is 11.9. The van der Waals surface area contributed by atoms with E-state index in [1.807, 2.05) is 53.7 Å². The van der Waals surface area contributed by atoms with E-state index in [2.05, 4.69) is 15.3 Å². The molecule has 1 aliphatic heterocycles. The molecule has 4 aromatic heterocycles. The van der Waals surface area contributed by atoms with E-state index in [0.717, 1.165) is 0 Å². The van der Waals surface area contributed by atoms with Crippen molar-refractivity contribution in [3.05, 3.63) is 66.7 Å². The first kappa shape index (κ1) is 57.9. The largest absolute Gasteiger partial charge is 0.462 e. The second-order valence-corrected chi connectivity index (χ2v) is 19.4. The summed E-state index contributed by atoms with van der Waals surface area (Å²) in [6.07, 6.45) is 11.3. The van der Waals surface area contributed by atoms with E-state index in [4.69, 9.17) is 58.1 Å². The first-order valence-corrected chi connectivity index (χ1v) is 24.9. The molecule has 0 spiro atoms. The highest BCUT2D eigenvalue weighted by atomic mass is 16.6. The number of esters is 1. The number of ketones is 1. The van der Waals surface area contributed by atoms with Crippen molar-refractivity contribution in [2.75, 3.05) is 35.5 Å². The molecule has 0 fully saturated rings. The average molecular weight is 1020 g/mol. The summed E-state index contributed by atoms with van der Waals surface area (Å²) in [5, 5.41) is 8.71. The summed E-state index contributed by atoms with van der Waals surface area (Å²) >= 11 is 0. The van der Waals surface area contributed by atoms with Gasteiger partial charge in [-0.2, -0.15) is 0 Å². The molecule has 1 unspecified atom stereocenters. The number of primary amides is 1. The van der Waals surface area contributed by atoms with Gasteiger partial charge in [0.2, 0.25) is 18.2 Å². The van der Waals surface area contributed by atoms with Crippen LogP contribution < -0.4 is 11.5 Å². The van der Waals surface area contributed by atoms with Crippen LogP contribution >= 0.6 is 0 Å². The maximum absolute atomic E-state index is 14.2. The van der Waals surface area contributed by atoms with Crippen LogP contribution in [0.3, 0.4) is 0 Å². The lowest BCUT2D eigenvalue weighted by Crippen LogP contribution is -2.39. The van der Waals surface area contributed by atoms with Gasteiger partial charge in [-0.1, -0.05) is 58.9 Å². The molecule has 2 amide bonds. The molecule has 5 heterocycles. The third-order valence-electron chi connectivity index (χ3n) is 14.1. The van der Waals surface area contributed by atoms with E-state index in [0.29, 0.717) is 65.9 Å². The van der Waals surface area contributed by atoms with Gasteiger partial charge in [0.15, 0.2) is 5.76 Å². The number of nitrogens with two attached hydrogens (primary N) is 2. The number of carbonyl (C=O) groups is 4. The lowest BCUT2D eigenvalue weighted by atomic mass is 9.84. The van der Waals surface area contributed by atoms with E-state index in [-0.39, 0.29) is 67.7 Å². The zero-order chi connectivity index (χ0) is 53.4. The number of oxazole rings is 2. The van der Waals surface area contributed by atoms with Crippen LogP contribution in [0.25, 0.3) is 29.0 Å². The molecule has 13 atom stereocenters. The Bertz CT molecular complexity index is 2410. The van der Waals surface area contributed by atoms with Crippen LogP contribution in [0.1, 0.15) is 116 Å². The van der Waals surface area contributed by atoms with Gasteiger partial charge in [-0.05, 0) is 49.7 Å². The summed E-state index contributed by atoms with van der Waals surface area (Å²) < 4.78 is 55.4. The second kappa shape index (κ2) is 27.9. The van der Waals surface area contributed by atoms with Gasteiger partial charge in [-0.25, -0.2) is 19.4 Å². The molecule has 0 saturated heterocycles. The number of carbonyl (C=O) groups excluding carboxylic acids is 4. The number of furan rings is 1. The minimum atomic E-state index is -1.03. The van der Waals surface area contributed by atoms with Crippen molar-refractivity contribution in [2.45, 2.75) is 136 Å². The molecule has 73 heavy (non-hydrogen) atoms. The SMILES string of the molecule is CO[C@H]([C@H](C)/C=C/N(C)C=O)[C@@H](C)C(=O)CC[C@H](C)[C@@H](C[C@@H]1OC(=O)CC(OC(N)=O)C[C@H](C)C[C@@H](n2cc(CN)nn2)[C@H](C)[C@@H](OC)c2coc(n2)-c2coc(c2)-c2coc(n2)/C=C/C[C@H](OC)[C@H]1C)OC. The average Bonchev–Trinajstić information content (AvgIpc) is 4.22. The molecule has 4 aromatic rings. The normalized spacial score (nSPS) is 25.1. The van der Waals surface area contributed by atoms with Gasteiger partial charge in [0.25, 0.3) is 0 Å². The lowest BCUT2D eigenvalue weighted by Gasteiger charge is -2.34. The minimum absolute atomic E-state index is 0.0232. The van der Waals surface area contributed by atoms with Gasteiger partial charge in [0.1, 0.15) is 54.3 Å². The van der Waals surface area contributed by atoms with E-state index < -0.39 is 60.5 Å². The number of hydrogen-bond donors (Lipinski definition) is 2. The van der Waals surface area contributed by atoms with Crippen LogP contribution in [0.4, 0.5) is 4.79 Å². The molecular weight excluding hydrogens is 945 g/mol. The molecule has 21 nitrogen and oxygen atoms in total. The molecule has 6 bridgehead atoms. The van der Waals surface area contributed by atoms with Gasteiger partial charge < -0.3 is 58.0 Å². The number of aromatic nitrogens is 5. The highest BCUT2D eigenvalue weighted by Crippen LogP contribution is 2.39. The summed E-state index contributed by atoms with van der Waals surface area (Å²) in [5.41, 5.74) is 13.7. The molecule has 4 N–H and O–H groups in total. The molecule has 5 rings (SSSR count). The topological polar surface area (TPSA) is 275 Å². The molecule has 0 radical (unpaired) electrons. The molecular formula is C52H76N8O13. The first-order valence-electron chi connectivity index (χ1n) is 24.9. The van der Waals surface area contributed by atoms with Gasteiger partial charge >= 0.3 is 12.1 Å². The maximum Gasteiger partial charge on any atom is 0.404 e. The van der Waals surface area contributed by atoms with Crippen LogP contribution in [-0.2, 0) is 49.3 Å². The standard InChI is InChI=1S/C52H76N8O13/c1-30-19-38(72-52(54)64)22-48(63)73-45(23-44(66-9)31(2)15-16-42(62)34(5)49(67-10)32(3)17-18-59(7)29-61)35(6)43(65-8)13-12-14-47-55-39(27-70-47)46-21-36(26-69-46)51-56-40(28-71-51)50(68-11)33(4)41(20-30)60-25-37(24-53)57-58-60/h12,14,17-18,21,25-35,38,41,43-45,49-50H,13,15-16,19-20,22-24,53H2,1-11H3,(H2,54,64)/b14-12+,18-17+/t30-,31-,32+,33-,34-,35+,38?,41+,43-,44+,45-,49+,50+/m0/s1. The van der Waals surface area contributed by atoms with E-state index in [1.165, 1.54) is 17.4 Å². The van der Waals surface area contributed by atoms with Crippen molar-refractivity contribution < 1.29 is 60.9 Å². The number of cyclic esters (lactones) is 1. The number of rotatable bonds is 19. The molecule has 0 saturated carbocycles. The van der Waals surface area contributed by atoms with Crippen LogP contribution in [0, 0.1) is 35.5 Å². The van der Waals surface area contributed by atoms with Gasteiger partial charge in [0, 0.05) is 84.7 Å². The summed E-state index contributed by atoms with van der Waals surface area (Å²) in [4.78, 5) is 62.3. The molecule has 402 valence electrons. The first-order chi connectivity index (χ1) is 34.9. The smallest absolute Gasteiger partial charge is 0.404 e. The van der Waals surface area contributed by atoms with Gasteiger partial charge in [0.05, 0.1) is 48.2 Å². The molecule has 1 aliphatic rings. The third-order valence-corrected chi connectivity index (χ3v) is 14.1. The second-order valence-electron chi connectivity index (χ2n) is 19.4. The Balaban J connectivity index is 1.44. The van der Waals surface area contributed by atoms with Crippen molar-refractivity contribution >= 4 is 30.3 Å². The molecule has 0 aliphatic carbocycles. The number of fused-ring (bicyclic) bond motifs is 8. The van der Waals surface area contributed by atoms with Gasteiger partial charge in [-0.15, -0.1) is 5.10 Å². The predicted molar refractivity (Wildman–Crippen MR) is 267 cm³/mol. The fraction of sp³-hybridized carbons (Fsp3) is 0.615. The van der Waals surface area contributed by atoms with Crippen LogP contribution in [0.2, 0.25) is 0 Å². The van der Waals surface area contributed by atoms with E-state index >= 15 is 0 Å². The predicted octanol–water partition coefficient (Wildman–Crippen LogP) is 7.73. The fourth-order valence-corrected chi connectivity index (χ4v) is 9.73. The number of Topliss-reactive ketones (excluding diaryl/α,β-unsaturated/α-hetero) is 1. The highest BCUT2D eigenvalue weighted by molar-refractivity contribution is 5.81. The Hall–Kier alpha value is -6.00. The zero-order valence-corrected chi connectivity index (χ0v) is 44.1. The van der Waals surface area contributed by atoms with Crippen molar-refractivity contribution in [1.82, 2.24) is 29.9 Å². The summed E-state index contributed by atoms with van der Waals surface area (Å²) in [6, 6.07) is 1.41. The Labute approximate surface area is 427 Å². The number of methoxy groups -OCH3 is 4. The minimum Gasteiger partial charge on any atom is -0.462 e. The Morgan fingerprint density at radius 3 is 2.41 bits per heavy atom. The number of hydrogen-bond acceptors (Lipinski definition) is 18. The van der Waals surface area contributed by atoms with Crippen LogP contribution in [-0.4, -0.2) is 120 Å². The van der Waals surface area contributed by atoms with Gasteiger partial charge in [-0.3, -0.25) is 14.4 Å². The lowest BCUT2D eigenvalue weighted by molar-refractivity contribution is -0.160. The maximum atomic E-state index is 14.2. The van der Waals surface area contributed by atoms with Crippen molar-refractivity contribution in [3.8, 4) is 22.9 Å². The van der Waals surface area contributed by atoms with Crippen molar-refractivity contribution in [1.29, 1.82) is 0 Å². The van der Waals surface area contributed by atoms with E-state index in [9.17, 15) is 19.2 Å². The monoisotopic (exact) mass is 1020 g/mol. The quantitative estimate of drug-likeness (QED) is 0.0671. The van der Waals surface area contributed by atoms with Crippen LogP contribution in [0.5, 0.6) is 0 Å². The summed E-state index contributed by atoms with van der Waals surface area (Å²) in [7, 11) is 7.98. The van der Waals surface area contributed by atoms with Crippen molar-refractivity contribution in [3.63, 3.8) is 0 Å².